The van der Waals surface area contributed by atoms with Gasteiger partial charge in [0.1, 0.15) is 5.75 Å². The molecule has 1 aromatic heterocycles. The van der Waals surface area contributed by atoms with Crippen molar-refractivity contribution in [2.24, 2.45) is 0 Å². The molecule has 0 spiro atoms. The van der Waals surface area contributed by atoms with Crippen LogP contribution in [0.1, 0.15) is 27.2 Å². The van der Waals surface area contributed by atoms with Gasteiger partial charge in [-0.2, -0.15) is 0 Å². The smallest absolute Gasteiger partial charge is 0.233 e. The maximum Gasteiger partial charge on any atom is 0.233 e. The highest BCUT2D eigenvalue weighted by atomic mass is 32.2. The lowest BCUT2D eigenvalue weighted by Gasteiger charge is -2.13. The van der Waals surface area contributed by atoms with E-state index in [9.17, 15) is 4.79 Å². The van der Waals surface area contributed by atoms with Crippen LogP contribution < -0.4 is 10.1 Å². The van der Waals surface area contributed by atoms with Crippen molar-refractivity contribution < 1.29 is 9.53 Å². The van der Waals surface area contributed by atoms with Crippen LogP contribution >= 0.6 is 11.8 Å². The Balaban J connectivity index is 2.25. The third-order valence-corrected chi connectivity index (χ3v) is 4.66. The van der Waals surface area contributed by atoms with Crippen molar-refractivity contribution in [1.29, 1.82) is 0 Å². The first kappa shape index (κ1) is 18.3. The molecule has 2 rings (SSSR count). The predicted molar refractivity (Wildman–Crippen MR) is 96.3 cm³/mol. The maximum atomic E-state index is 12.1. The number of hydrogen-bond donors (Lipinski definition) is 1. The SMILES string of the molecule is CCCNC(=O)C(C)Sc1nnc(-c2ccccc2OC)n1CC. The summed E-state index contributed by atoms with van der Waals surface area (Å²) in [6, 6.07) is 7.73. The predicted octanol–water partition coefficient (Wildman–Crippen LogP) is 2.98. The van der Waals surface area contributed by atoms with Gasteiger partial charge in [-0.05, 0) is 32.4 Å². The van der Waals surface area contributed by atoms with Crippen molar-refractivity contribution in [2.75, 3.05) is 13.7 Å². The van der Waals surface area contributed by atoms with Gasteiger partial charge in [-0.3, -0.25) is 4.79 Å². The van der Waals surface area contributed by atoms with Crippen LogP contribution in [-0.2, 0) is 11.3 Å². The molecule has 0 fully saturated rings. The molecule has 0 bridgehead atoms. The van der Waals surface area contributed by atoms with Crippen molar-refractivity contribution in [3.8, 4) is 17.1 Å². The van der Waals surface area contributed by atoms with Crippen molar-refractivity contribution in [3.63, 3.8) is 0 Å². The molecule has 1 N–H and O–H groups in total. The Bertz CT molecular complexity index is 687. The van der Waals surface area contributed by atoms with E-state index in [0.29, 0.717) is 13.1 Å². The molecule has 130 valence electrons. The number of carbonyl (C=O) groups excluding carboxylic acids is 1. The number of nitrogens with zero attached hydrogens (tertiary/aromatic N) is 3. The van der Waals surface area contributed by atoms with Gasteiger partial charge in [0.15, 0.2) is 11.0 Å². The van der Waals surface area contributed by atoms with Crippen molar-refractivity contribution in [1.82, 2.24) is 20.1 Å². The molecule has 7 heteroatoms. The Morgan fingerprint density at radius 2 is 2.08 bits per heavy atom. The van der Waals surface area contributed by atoms with E-state index in [1.54, 1.807) is 7.11 Å². The number of aromatic nitrogens is 3. The highest BCUT2D eigenvalue weighted by Gasteiger charge is 2.21. The Labute approximate surface area is 147 Å². The van der Waals surface area contributed by atoms with Crippen LogP contribution in [0.4, 0.5) is 0 Å². The standard InChI is InChI=1S/C17H24N4O2S/c1-5-11-18-16(22)12(3)24-17-20-19-15(21(17)6-2)13-9-7-8-10-14(13)23-4/h7-10,12H,5-6,11H2,1-4H3,(H,18,22). The summed E-state index contributed by atoms with van der Waals surface area (Å²) in [6.45, 7) is 7.36. The summed E-state index contributed by atoms with van der Waals surface area (Å²) < 4.78 is 7.43. The molecule has 1 atom stereocenters. The summed E-state index contributed by atoms with van der Waals surface area (Å²) in [7, 11) is 1.64. The quantitative estimate of drug-likeness (QED) is 0.743. The van der Waals surface area contributed by atoms with E-state index in [4.69, 9.17) is 4.74 Å². The minimum Gasteiger partial charge on any atom is -0.496 e. The van der Waals surface area contributed by atoms with Crippen LogP contribution in [0, 0.1) is 0 Å². The molecular weight excluding hydrogens is 324 g/mol. The number of carbonyl (C=O) groups is 1. The van der Waals surface area contributed by atoms with E-state index >= 15 is 0 Å². The number of thioether (sulfide) groups is 1. The molecule has 0 radical (unpaired) electrons. The Kier molecular flexibility index (Phi) is 6.66. The number of rotatable bonds is 8. The Morgan fingerprint density at radius 3 is 2.75 bits per heavy atom. The zero-order valence-corrected chi connectivity index (χ0v) is 15.4. The zero-order chi connectivity index (χ0) is 17.5. The fourth-order valence-electron chi connectivity index (χ4n) is 2.29. The van der Waals surface area contributed by atoms with Gasteiger partial charge in [-0.1, -0.05) is 30.8 Å². The molecule has 0 aliphatic carbocycles. The first-order chi connectivity index (χ1) is 11.6. The molecule has 0 aliphatic heterocycles. The van der Waals surface area contributed by atoms with Gasteiger partial charge in [0.05, 0.1) is 17.9 Å². The van der Waals surface area contributed by atoms with Gasteiger partial charge in [0.2, 0.25) is 5.91 Å². The number of nitrogens with one attached hydrogen (secondary N) is 1. The van der Waals surface area contributed by atoms with Crippen molar-refractivity contribution in [3.05, 3.63) is 24.3 Å². The lowest BCUT2D eigenvalue weighted by molar-refractivity contribution is -0.120. The Morgan fingerprint density at radius 1 is 1.33 bits per heavy atom. The number of ether oxygens (including phenoxy) is 1. The summed E-state index contributed by atoms with van der Waals surface area (Å²) in [5.41, 5.74) is 0.893. The molecule has 1 heterocycles. The molecule has 1 amide bonds. The highest BCUT2D eigenvalue weighted by Crippen LogP contribution is 2.31. The maximum absolute atomic E-state index is 12.1. The number of hydrogen-bond acceptors (Lipinski definition) is 5. The van der Waals surface area contributed by atoms with Crippen LogP contribution in [0.15, 0.2) is 29.4 Å². The van der Waals surface area contributed by atoms with Crippen LogP contribution in [0.2, 0.25) is 0 Å². The number of amides is 1. The second-order valence-corrected chi connectivity index (χ2v) is 6.61. The van der Waals surface area contributed by atoms with Gasteiger partial charge in [0.25, 0.3) is 0 Å². The third kappa shape index (κ3) is 4.08. The first-order valence-electron chi connectivity index (χ1n) is 8.13. The highest BCUT2D eigenvalue weighted by molar-refractivity contribution is 8.00. The van der Waals surface area contributed by atoms with Gasteiger partial charge < -0.3 is 14.6 Å². The molecule has 1 unspecified atom stereocenters. The molecule has 1 aromatic carbocycles. The lowest BCUT2D eigenvalue weighted by Crippen LogP contribution is -2.31. The Hall–Kier alpha value is -2.02. The second-order valence-electron chi connectivity index (χ2n) is 5.30. The van der Waals surface area contributed by atoms with E-state index in [0.717, 1.165) is 28.7 Å². The van der Waals surface area contributed by atoms with E-state index < -0.39 is 0 Å². The van der Waals surface area contributed by atoms with Crippen molar-refractivity contribution >= 4 is 17.7 Å². The van der Waals surface area contributed by atoms with Gasteiger partial charge in [-0.15, -0.1) is 10.2 Å². The van der Waals surface area contributed by atoms with Crippen molar-refractivity contribution in [2.45, 2.75) is 44.1 Å². The molecular formula is C17H24N4O2S. The minimum atomic E-state index is -0.225. The lowest BCUT2D eigenvalue weighted by atomic mass is 10.2. The van der Waals surface area contributed by atoms with Crippen LogP contribution in [0.25, 0.3) is 11.4 Å². The average Bonchev–Trinajstić information content (AvgIpc) is 3.01. The molecule has 0 saturated carbocycles. The normalized spacial score (nSPS) is 12.0. The average molecular weight is 348 g/mol. The fraction of sp³-hybridized carbons (Fsp3) is 0.471. The van der Waals surface area contributed by atoms with E-state index in [1.807, 2.05) is 49.6 Å². The molecule has 6 nitrogen and oxygen atoms in total. The number of para-hydroxylation sites is 1. The fourth-order valence-corrected chi connectivity index (χ4v) is 3.23. The largest absolute Gasteiger partial charge is 0.496 e. The molecule has 0 aliphatic rings. The van der Waals surface area contributed by atoms with Gasteiger partial charge in [0, 0.05) is 13.1 Å². The van der Waals surface area contributed by atoms with E-state index in [2.05, 4.69) is 15.5 Å². The molecule has 0 saturated heterocycles. The first-order valence-corrected chi connectivity index (χ1v) is 9.01. The summed E-state index contributed by atoms with van der Waals surface area (Å²) in [5.74, 6) is 1.52. The van der Waals surface area contributed by atoms with Crippen LogP contribution in [-0.4, -0.2) is 39.6 Å². The summed E-state index contributed by atoms with van der Waals surface area (Å²) in [5, 5.41) is 12.0. The topological polar surface area (TPSA) is 69.0 Å². The summed E-state index contributed by atoms with van der Waals surface area (Å²) >= 11 is 1.42. The summed E-state index contributed by atoms with van der Waals surface area (Å²) in [4.78, 5) is 12.1. The zero-order valence-electron chi connectivity index (χ0n) is 14.6. The van der Waals surface area contributed by atoms with Gasteiger partial charge >= 0.3 is 0 Å². The summed E-state index contributed by atoms with van der Waals surface area (Å²) in [6.07, 6.45) is 0.923. The molecule has 24 heavy (non-hydrogen) atoms. The van der Waals surface area contributed by atoms with E-state index in [1.165, 1.54) is 11.8 Å². The minimum absolute atomic E-state index is 0.0198. The number of benzene rings is 1. The van der Waals surface area contributed by atoms with E-state index in [-0.39, 0.29) is 11.2 Å². The van der Waals surface area contributed by atoms with Crippen LogP contribution in [0.5, 0.6) is 5.75 Å². The third-order valence-electron chi connectivity index (χ3n) is 3.58. The monoisotopic (exact) mass is 348 g/mol. The second kappa shape index (κ2) is 8.73. The molecule has 2 aromatic rings. The van der Waals surface area contributed by atoms with Crippen LogP contribution in [0.3, 0.4) is 0 Å². The van der Waals surface area contributed by atoms with Gasteiger partial charge in [-0.25, -0.2) is 0 Å². The number of methoxy groups -OCH3 is 1.